The van der Waals surface area contributed by atoms with E-state index in [1.54, 1.807) is 13.2 Å². The Hall–Kier alpha value is -1.36. The zero-order chi connectivity index (χ0) is 10.7. The number of aryl methyl sites for hydroxylation is 1. The summed E-state index contributed by atoms with van der Waals surface area (Å²) in [7, 11) is 1.71. The van der Waals surface area contributed by atoms with Gasteiger partial charge in [-0.15, -0.1) is 0 Å². The molecule has 1 aromatic rings. The second kappa shape index (κ2) is 4.23. The van der Waals surface area contributed by atoms with Crippen LogP contribution in [0.1, 0.15) is 23.0 Å². The van der Waals surface area contributed by atoms with Crippen LogP contribution in [0.25, 0.3) is 0 Å². The van der Waals surface area contributed by atoms with E-state index >= 15 is 0 Å². The average Bonchev–Trinajstić information content (AvgIpc) is 2.46. The minimum atomic E-state index is -0.982. The molecule has 0 aliphatic rings. The van der Waals surface area contributed by atoms with Crippen LogP contribution in [0.2, 0.25) is 0 Å². The number of carboxylic acid groups (broad SMARTS) is 1. The fraction of sp³-hybridized carbons (Fsp3) is 0.556. The highest BCUT2D eigenvalue weighted by Gasteiger charge is 2.16. The third-order valence-electron chi connectivity index (χ3n) is 2.08. The number of hydrogen-bond donors (Lipinski definition) is 2. The molecule has 78 valence electrons. The van der Waals surface area contributed by atoms with Crippen molar-refractivity contribution in [3.63, 3.8) is 0 Å². The van der Waals surface area contributed by atoms with Crippen molar-refractivity contribution in [1.29, 1.82) is 0 Å². The Balaban J connectivity index is 2.89. The molecule has 5 nitrogen and oxygen atoms in total. The molecule has 0 aliphatic carbocycles. The van der Waals surface area contributed by atoms with Crippen LogP contribution in [0.5, 0.6) is 0 Å². The van der Waals surface area contributed by atoms with Crippen molar-refractivity contribution < 1.29 is 9.90 Å². The third-order valence-corrected chi connectivity index (χ3v) is 2.08. The lowest BCUT2D eigenvalue weighted by molar-refractivity contribution is 0.0688. The molecule has 0 aliphatic heterocycles. The van der Waals surface area contributed by atoms with E-state index in [-0.39, 0.29) is 11.6 Å². The maximum atomic E-state index is 10.8. The van der Waals surface area contributed by atoms with E-state index in [1.165, 1.54) is 4.68 Å². The van der Waals surface area contributed by atoms with Crippen LogP contribution in [0.3, 0.4) is 0 Å². The molecule has 1 atom stereocenters. The molecule has 1 aromatic heterocycles. The predicted molar refractivity (Wildman–Crippen MR) is 52.1 cm³/mol. The lowest BCUT2D eigenvalue weighted by atomic mass is 10.0. The molecule has 0 spiro atoms. The summed E-state index contributed by atoms with van der Waals surface area (Å²) < 4.78 is 1.52. The quantitative estimate of drug-likeness (QED) is 0.725. The molecule has 1 heterocycles. The molecule has 1 unspecified atom stereocenters. The third kappa shape index (κ3) is 2.32. The molecule has 0 radical (unpaired) electrons. The van der Waals surface area contributed by atoms with Gasteiger partial charge >= 0.3 is 5.97 Å². The molecule has 0 fully saturated rings. The van der Waals surface area contributed by atoms with Crippen molar-refractivity contribution in [1.82, 2.24) is 9.78 Å². The van der Waals surface area contributed by atoms with Crippen molar-refractivity contribution in [3.05, 3.63) is 17.5 Å². The zero-order valence-electron chi connectivity index (χ0n) is 8.40. The molecule has 3 N–H and O–H groups in total. The Morgan fingerprint density at radius 2 is 2.43 bits per heavy atom. The van der Waals surface area contributed by atoms with Crippen LogP contribution in [-0.4, -0.2) is 27.4 Å². The maximum absolute atomic E-state index is 10.8. The van der Waals surface area contributed by atoms with Gasteiger partial charge in [0.2, 0.25) is 0 Å². The topological polar surface area (TPSA) is 81.1 Å². The summed E-state index contributed by atoms with van der Waals surface area (Å²) in [5, 5.41) is 12.7. The number of aromatic nitrogens is 2. The van der Waals surface area contributed by atoms with E-state index in [0.717, 1.165) is 5.56 Å². The van der Waals surface area contributed by atoms with Crippen molar-refractivity contribution in [2.24, 2.45) is 18.7 Å². The Morgan fingerprint density at radius 3 is 2.93 bits per heavy atom. The van der Waals surface area contributed by atoms with Gasteiger partial charge in [-0.05, 0) is 18.9 Å². The average molecular weight is 197 g/mol. The molecule has 0 saturated heterocycles. The van der Waals surface area contributed by atoms with Crippen LogP contribution >= 0.6 is 0 Å². The summed E-state index contributed by atoms with van der Waals surface area (Å²) in [6.07, 6.45) is 2.39. The number of carboxylic acids is 1. The van der Waals surface area contributed by atoms with Crippen molar-refractivity contribution >= 4 is 5.97 Å². The first kappa shape index (κ1) is 10.7. The monoisotopic (exact) mass is 197 g/mol. The molecular formula is C9H15N3O2. The van der Waals surface area contributed by atoms with Gasteiger partial charge in [0.25, 0.3) is 0 Å². The normalized spacial score (nSPS) is 12.8. The first-order valence-corrected chi connectivity index (χ1v) is 4.50. The van der Waals surface area contributed by atoms with Gasteiger partial charge in [-0.1, -0.05) is 6.92 Å². The number of rotatable bonds is 4. The minimum Gasteiger partial charge on any atom is -0.476 e. The van der Waals surface area contributed by atoms with E-state index in [0.29, 0.717) is 13.0 Å². The first-order valence-electron chi connectivity index (χ1n) is 4.50. The summed E-state index contributed by atoms with van der Waals surface area (Å²) in [6, 6.07) is 0. The van der Waals surface area contributed by atoms with Crippen LogP contribution in [0.15, 0.2) is 6.20 Å². The fourth-order valence-electron chi connectivity index (χ4n) is 1.33. The highest BCUT2D eigenvalue weighted by Crippen LogP contribution is 2.11. The van der Waals surface area contributed by atoms with E-state index in [1.807, 2.05) is 6.92 Å². The minimum absolute atomic E-state index is 0.132. The fourth-order valence-corrected chi connectivity index (χ4v) is 1.33. The molecule has 0 aromatic carbocycles. The highest BCUT2D eigenvalue weighted by atomic mass is 16.4. The number of carbonyl (C=O) groups is 1. The molecule has 0 saturated carbocycles. The number of nitrogens with zero attached hydrogens (tertiary/aromatic N) is 2. The predicted octanol–water partition coefficient (Wildman–Crippen LogP) is 0.256. The number of aromatic carboxylic acids is 1. The standard InChI is InChI=1S/C9H15N3O2/c1-6(4-10)3-7-5-12(2)11-8(7)9(13)14/h5-6H,3-4,10H2,1-2H3,(H,13,14). The van der Waals surface area contributed by atoms with E-state index in [2.05, 4.69) is 5.10 Å². The van der Waals surface area contributed by atoms with Crippen LogP contribution in [-0.2, 0) is 13.5 Å². The Kier molecular flexibility index (Phi) is 3.24. The number of hydrogen-bond acceptors (Lipinski definition) is 3. The molecule has 1 rings (SSSR count). The highest BCUT2D eigenvalue weighted by molar-refractivity contribution is 5.86. The largest absolute Gasteiger partial charge is 0.476 e. The van der Waals surface area contributed by atoms with E-state index in [9.17, 15) is 4.79 Å². The van der Waals surface area contributed by atoms with E-state index in [4.69, 9.17) is 10.8 Å². The van der Waals surface area contributed by atoms with Gasteiger partial charge in [0.1, 0.15) is 0 Å². The zero-order valence-corrected chi connectivity index (χ0v) is 8.40. The molecule has 0 bridgehead atoms. The second-order valence-corrected chi connectivity index (χ2v) is 3.53. The SMILES string of the molecule is CC(CN)Cc1cn(C)nc1C(=O)O. The molecule has 5 heteroatoms. The van der Waals surface area contributed by atoms with E-state index < -0.39 is 5.97 Å². The smallest absolute Gasteiger partial charge is 0.356 e. The second-order valence-electron chi connectivity index (χ2n) is 3.53. The van der Waals surface area contributed by atoms with Gasteiger partial charge in [0.15, 0.2) is 5.69 Å². The summed E-state index contributed by atoms with van der Waals surface area (Å²) in [4.78, 5) is 10.8. The van der Waals surface area contributed by atoms with Crippen molar-refractivity contribution in [2.45, 2.75) is 13.3 Å². The summed E-state index contributed by atoms with van der Waals surface area (Å²) >= 11 is 0. The molecule has 14 heavy (non-hydrogen) atoms. The summed E-state index contributed by atoms with van der Waals surface area (Å²) in [6.45, 7) is 2.53. The lowest BCUT2D eigenvalue weighted by Crippen LogP contribution is -2.14. The number of nitrogens with two attached hydrogens (primary N) is 1. The van der Waals surface area contributed by atoms with Gasteiger partial charge in [-0.3, -0.25) is 4.68 Å². The molecular weight excluding hydrogens is 182 g/mol. The Labute approximate surface area is 82.5 Å². The first-order chi connectivity index (χ1) is 6.54. The van der Waals surface area contributed by atoms with Gasteiger partial charge in [-0.2, -0.15) is 5.10 Å². The van der Waals surface area contributed by atoms with Crippen LogP contribution in [0.4, 0.5) is 0 Å². The summed E-state index contributed by atoms with van der Waals surface area (Å²) in [5.41, 5.74) is 6.36. The Bertz CT molecular complexity index is 333. The maximum Gasteiger partial charge on any atom is 0.356 e. The van der Waals surface area contributed by atoms with Gasteiger partial charge in [0, 0.05) is 18.8 Å². The van der Waals surface area contributed by atoms with Crippen molar-refractivity contribution in [3.8, 4) is 0 Å². The van der Waals surface area contributed by atoms with Gasteiger partial charge < -0.3 is 10.8 Å². The van der Waals surface area contributed by atoms with Gasteiger partial charge in [0.05, 0.1) is 0 Å². The summed E-state index contributed by atoms with van der Waals surface area (Å²) in [5.74, 6) is -0.706. The van der Waals surface area contributed by atoms with Gasteiger partial charge in [-0.25, -0.2) is 4.79 Å². The van der Waals surface area contributed by atoms with Crippen molar-refractivity contribution in [2.75, 3.05) is 6.54 Å². The Morgan fingerprint density at radius 1 is 1.79 bits per heavy atom. The molecule has 0 amide bonds. The van der Waals surface area contributed by atoms with Crippen LogP contribution in [0, 0.1) is 5.92 Å². The lowest BCUT2D eigenvalue weighted by Gasteiger charge is -2.05. The van der Waals surface area contributed by atoms with Crippen LogP contribution < -0.4 is 5.73 Å².